The zero-order valence-electron chi connectivity index (χ0n) is 11.9. The van der Waals surface area contributed by atoms with E-state index in [4.69, 9.17) is 9.47 Å². The van der Waals surface area contributed by atoms with Crippen molar-refractivity contribution < 1.29 is 24.3 Å². The highest BCUT2D eigenvalue weighted by Gasteiger charge is 2.22. The van der Waals surface area contributed by atoms with Crippen LogP contribution in [0.15, 0.2) is 18.2 Å². The highest BCUT2D eigenvalue weighted by atomic mass is 16.6. The number of carbonyl (C=O) groups is 1. The number of rotatable bonds is 8. The summed E-state index contributed by atoms with van der Waals surface area (Å²) in [7, 11) is 2.73. The van der Waals surface area contributed by atoms with Gasteiger partial charge in [-0.25, -0.2) is 0 Å². The first kappa shape index (κ1) is 16.9. The van der Waals surface area contributed by atoms with Gasteiger partial charge >= 0.3 is 5.69 Å². The summed E-state index contributed by atoms with van der Waals surface area (Å²) in [4.78, 5) is 22.3. The molecule has 2 N–H and O–H groups in total. The number of ether oxygens (including phenoxy) is 2. The van der Waals surface area contributed by atoms with Crippen LogP contribution < -0.4 is 10.1 Å². The van der Waals surface area contributed by atoms with Crippen LogP contribution in [0.3, 0.4) is 0 Å². The predicted octanol–water partition coefficient (Wildman–Crippen LogP) is 0.731. The lowest BCUT2D eigenvalue weighted by molar-refractivity contribution is -0.385. The summed E-state index contributed by atoms with van der Waals surface area (Å²) in [5.74, 6) is -0.586. The largest absolute Gasteiger partial charge is 0.490 e. The van der Waals surface area contributed by atoms with Crippen LogP contribution >= 0.6 is 0 Å². The molecule has 1 atom stereocenters. The van der Waals surface area contributed by atoms with Crippen LogP contribution in [-0.2, 0) is 4.74 Å². The molecule has 0 spiro atoms. The van der Waals surface area contributed by atoms with Gasteiger partial charge in [0, 0.05) is 19.7 Å². The first-order valence-electron chi connectivity index (χ1n) is 6.27. The number of methoxy groups -OCH3 is 2. The number of para-hydroxylation sites is 1. The van der Waals surface area contributed by atoms with Crippen molar-refractivity contribution in [3.8, 4) is 5.75 Å². The van der Waals surface area contributed by atoms with Gasteiger partial charge in [0.05, 0.1) is 30.3 Å². The quantitative estimate of drug-likeness (QED) is 0.540. The van der Waals surface area contributed by atoms with E-state index in [0.717, 1.165) is 0 Å². The number of hydrogen-bond donors (Lipinski definition) is 2. The smallest absolute Gasteiger partial charge is 0.311 e. The standard InChI is InChI=1S/C13H18N2O6/c1-20-8-9(16)6-7-14-13(17)10-4-3-5-11(15(18)19)12(10)21-2/h3-5,9,16H,6-8H2,1-2H3,(H,14,17). The second-order valence-electron chi connectivity index (χ2n) is 4.27. The lowest BCUT2D eigenvalue weighted by Gasteiger charge is -2.11. The number of aliphatic hydroxyl groups excluding tert-OH is 1. The van der Waals surface area contributed by atoms with Gasteiger partial charge in [0.25, 0.3) is 5.91 Å². The zero-order chi connectivity index (χ0) is 15.8. The van der Waals surface area contributed by atoms with E-state index in [9.17, 15) is 20.0 Å². The third kappa shape index (κ3) is 4.69. The zero-order valence-corrected chi connectivity index (χ0v) is 11.9. The van der Waals surface area contributed by atoms with E-state index in [-0.39, 0.29) is 30.2 Å². The van der Waals surface area contributed by atoms with Gasteiger partial charge in [-0.05, 0) is 12.5 Å². The SMILES string of the molecule is COCC(O)CCNC(=O)c1cccc([N+](=O)[O-])c1OC. The van der Waals surface area contributed by atoms with E-state index in [1.807, 2.05) is 0 Å². The number of nitro groups is 1. The van der Waals surface area contributed by atoms with Crippen molar-refractivity contribution in [2.45, 2.75) is 12.5 Å². The van der Waals surface area contributed by atoms with E-state index in [1.54, 1.807) is 0 Å². The summed E-state index contributed by atoms with van der Waals surface area (Å²) < 4.78 is 9.72. The van der Waals surface area contributed by atoms with Gasteiger partial charge in [-0.3, -0.25) is 14.9 Å². The molecule has 0 saturated heterocycles. The Morgan fingerprint density at radius 1 is 1.48 bits per heavy atom. The van der Waals surface area contributed by atoms with Crippen LogP contribution in [0.1, 0.15) is 16.8 Å². The van der Waals surface area contributed by atoms with Crippen LogP contribution in [0.25, 0.3) is 0 Å². The number of amides is 1. The molecule has 21 heavy (non-hydrogen) atoms. The number of nitrogens with one attached hydrogen (secondary N) is 1. The fraction of sp³-hybridized carbons (Fsp3) is 0.462. The Morgan fingerprint density at radius 2 is 2.19 bits per heavy atom. The average molecular weight is 298 g/mol. The second-order valence-corrected chi connectivity index (χ2v) is 4.27. The van der Waals surface area contributed by atoms with Crippen molar-refractivity contribution in [2.75, 3.05) is 27.4 Å². The summed E-state index contributed by atoms with van der Waals surface area (Å²) in [6.07, 6.45) is -0.362. The van der Waals surface area contributed by atoms with Crippen molar-refractivity contribution in [3.63, 3.8) is 0 Å². The molecule has 1 rings (SSSR count). The van der Waals surface area contributed by atoms with E-state index in [0.29, 0.717) is 6.42 Å². The Balaban J connectivity index is 2.74. The van der Waals surface area contributed by atoms with Gasteiger partial charge in [0.15, 0.2) is 0 Å². The van der Waals surface area contributed by atoms with E-state index < -0.39 is 16.9 Å². The number of aliphatic hydroxyl groups is 1. The number of benzene rings is 1. The summed E-state index contributed by atoms with van der Waals surface area (Å²) in [5.41, 5.74) is -0.197. The van der Waals surface area contributed by atoms with Crippen molar-refractivity contribution in [2.24, 2.45) is 0 Å². The van der Waals surface area contributed by atoms with Crippen molar-refractivity contribution >= 4 is 11.6 Å². The number of nitro benzene ring substituents is 1. The highest BCUT2D eigenvalue weighted by molar-refractivity contribution is 5.98. The maximum Gasteiger partial charge on any atom is 0.311 e. The van der Waals surface area contributed by atoms with Gasteiger partial charge in [-0.1, -0.05) is 6.07 Å². The molecule has 0 radical (unpaired) electrons. The molecule has 0 aliphatic carbocycles. The molecular weight excluding hydrogens is 280 g/mol. The summed E-state index contributed by atoms with van der Waals surface area (Å²) in [6.45, 7) is 0.394. The van der Waals surface area contributed by atoms with Gasteiger partial charge in [0.1, 0.15) is 0 Å². The second kappa shape index (κ2) is 8.18. The topological polar surface area (TPSA) is 111 Å². The molecule has 1 unspecified atom stereocenters. The third-order valence-corrected chi connectivity index (χ3v) is 2.76. The van der Waals surface area contributed by atoms with E-state index in [2.05, 4.69) is 5.32 Å². The van der Waals surface area contributed by atoms with Crippen LogP contribution in [0, 0.1) is 10.1 Å². The normalized spacial score (nSPS) is 11.8. The molecule has 8 heteroatoms. The molecule has 1 aromatic rings. The Labute approximate surface area is 121 Å². The molecule has 0 bridgehead atoms. The fourth-order valence-electron chi connectivity index (χ4n) is 1.79. The Kier molecular flexibility index (Phi) is 6.57. The average Bonchev–Trinajstić information content (AvgIpc) is 2.46. The minimum absolute atomic E-state index is 0.0768. The van der Waals surface area contributed by atoms with Gasteiger partial charge in [0.2, 0.25) is 5.75 Å². The Bertz CT molecular complexity index is 505. The monoisotopic (exact) mass is 298 g/mol. The first-order chi connectivity index (χ1) is 10.0. The third-order valence-electron chi connectivity index (χ3n) is 2.76. The lowest BCUT2D eigenvalue weighted by Crippen LogP contribution is -2.28. The fourth-order valence-corrected chi connectivity index (χ4v) is 1.79. The number of hydrogen-bond acceptors (Lipinski definition) is 6. The molecule has 0 fully saturated rings. The van der Waals surface area contributed by atoms with Crippen LogP contribution in [-0.4, -0.2) is 49.4 Å². The molecule has 1 aromatic carbocycles. The first-order valence-corrected chi connectivity index (χ1v) is 6.27. The van der Waals surface area contributed by atoms with Crippen molar-refractivity contribution in [3.05, 3.63) is 33.9 Å². The van der Waals surface area contributed by atoms with E-state index >= 15 is 0 Å². The molecule has 0 aromatic heterocycles. The molecule has 0 saturated carbocycles. The molecule has 1 amide bonds. The van der Waals surface area contributed by atoms with Crippen molar-refractivity contribution in [1.82, 2.24) is 5.32 Å². The summed E-state index contributed by atoms with van der Waals surface area (Å²) >= 11 is 0. The minimum atomic E-state index is -0.678. The molecule has 0 aliphatic heterocycles. The maximum absolute atomic E-state index is 12.0. The van der Waals surface area contributed by atoms with Crippen LogP contribution in [0.5, 0.6) is 5.75 Å². The van der Waals surface area contributed by atoms with E-state index in [1.165, 1.54) is 32.4 Å². The van der Waals surface area contributed by atoms with Crippen molar-refractivity contribution in [1.29, 1.82) is 0 Å². The molecule has 0 aliphatic rings. The van der Waals surface area contributed by atoms with Gasteiger partial charge < -0.3 is 19.9 Å². The number of carbonyl (C=O) groups excluding carboxylic acids is 1. The molecule has 8 nitrogen and oxygen atoms in total. The maximum atomic E-state index is 12.0. The van der Waals surface area contributed by atoms with Gasteiger partial charge in [-0.15, -0.1) is 0 Å². The summed E-state index contributed by atoms with van der Waals surface area (Å²) in [5, 5.41) is 22.9. The molecular formula is C13H18N2O6. The number of nitrogens with zero attached hydrogens (tertiary/aromatic N) is 1. The van der Waals surface area contributed by atoms with Crippen LogP contribution in [0.4, 0.5) is 5.69 Å². The van der Waals surface area contributed by atoms with Crippen LogP contribution in [0.2, 0.25) is 0 Å². The molecule has 0 heterocycles. The Morgan fingerprint density at radius 3 is 2.76 bits per heavy atom. The van der Waals surface area contributed by atoms with Gasteiger partial charge in [-0.2, -0.15) is 0 Å². The lowest BCUT2D eigenvalue weighted by atomic mass is 10.1. The predicted molar refractivity (Wildman–Crippen MR) is 74.5 cm³/mol. The highest BCUT2D eigenvalue weighted by Crippen LogP contribution is 2.30. The Hall–Kier alpha value is -2.19. The molecule has 116 valence electrons. The summed E-state index contributed by atoms with van der Waals surface area (Å²) in [6, 6.07) is 4.11. The minimum Gasteiger partial charge on any atom is -0.490 e.